The summed E-state index contributed by atoms with van der Waals surface area (Å²) >= 11 is 0. The molecule has 1 aliphatic heterocycles. The summed E-state index contributed by atoms with van der Waals surface area (Å²) in [5.74, 6) is 1.21. The van der Waals surface area contributed by atoms with Crippen LogP contribution in [0.4, 0.5) is 0 Å². The summed E-state index contributed by atoms with van der Waals surface area (Å²) < 4.78 is 52.0. The highest BCUT2D eigenvalue weighted by Gasteiger charge is 2.32. The number of aromatic nitrogens is 1. The Morgan fingerprint density at radius 1 is 0.735 bits per heavy atom. The van der Waals surface area contributed by atoms with Crippen molar-refractivity contribution in [3.63, 3.8) is 0 Å². The van der Waals surface area contributed by atoms with Crippen LogP contribution in [0.2, 0.25) is 0 Å². The Balaban J connectivity index is 1.35. The van der Waals surface area contributed by atoms with Crippen LogP contribution in [0.15, 0.2) is 83.4 Å². The summed E-state index contributed by atoms with van der Waals surface area (Å²) in [6, 6.07) is 26.5. The maximum absolute atomic E-state index is 9.13. The summed E-state index contributed by atoms with van der Waals surface area (Å²) in [7, 11) is 0. The summed E-state index contributed by atoms with van der Waals surface area (Å²) in [6.07, 6.45) is -0.254. The average Bonchev–Trinajstić information content (AvgIpc) is 3.65. The number of rotatable bonds is 5. The lowest BCUT2D eigenvalue weighted by Gasteiger charge is -2.23. The van der Waals surface area contributed by atoms with Gasteiger partial charge in [-0.05, 0) is 116 Å². The highest BCUT2D eigenvalue weighted by atomic mass is 16.3. The lowest BCUT2D eigenvalue weighted by atomic mass is 9.81. The summed E-state index contributed by atoms with van der Waals surface area (Å²) in [5, 5.41) is 6.63. The van der Waals surface area contributed by atoms with Crippen molar-refractivity contribution in [2.24, 2.45) is 5.41 Å². The number of benzene rings is 5. The van der Waals surface area contributed by atoms with Crippen LogP contribution in [0, 0.1) is 12.3 Å². The number of hydrogen-bond acceptors (Lipinski definition) is 1. The van der Waals surface area contributed by atoms with Crippen LogP contribution in [0.1, 0.15) is 120 Å². The zero-order valence-corrected chi connectivity index (χ0v) is 30.3. The predicted molar refractivity (Wildman–Crippen MR) is 209 cm³/mol. The van der Waals surface area contributed by atoms with Crippen LogP contribution in [-0.2, 0) is 12.9 Å². The quantitative estimate of drug-likeness (QED) is 0.134. The number of fused-ring (bicyclic) bond motifs is 10. The van der Waals surface area contributed by atoms with E-state index >= 15 is 0 Å². The number of nitrogens with zero attached hydrogens (tertiary/aromatic N) is 1. The van der Waals surface area contributed by atoms with Gasteiger partial charge in [0, 0.05) is 34.8 Å². The predicted octanol–water partition coefficient (Wildman–Crippen LogP) is 13.1. The molecule has 248 valence electrons. The van der Waals surface area contributed by atoms with Crippen molar-refractivity contribution in [3.8, 4) is 22.4 Å². The van der Waals surface area contributed by atoms with Crippen molar-refractivity contribution in [1.82, 2.24) is 0 Å². The number of pyridine rings is 1. The van der Waals surface area contributed by atoms with Gasteiger partial charge in [0.15, 0.2) is 12.7 Å². The standard InChI is InChI=1S/C47H50NO/c1-26(2)34-19-37(27(3)4)44(38(20-34)28(5)6)32-14-12-30-11-13-31-17-41-36-16-15-33-25-48-24-29(7)35(23-47(8,9)10)21-42(48)45(33)46(36)49-43(41)22-40(31)39(30)18-32/h11-22,24,26-28H,23,25H2,1-10H3/q+1/i7D3,23D2. The van der Waals surface area contributed by atoms with Crippen molar-refractivity contribution in [3.05, 3.63) is 112 Å². The van der Waals surface area contributed by atoms with Gasteiger partial charge in [-0.3, -0.25) is 0 Å². The first-order valence-electron chi connectivity index (χ1n) is 20.4. The molecule has 2 heteroatoms. The number of furan rings is 1. The fraction of sp³-hybridized carbons (Fsp3) is 0.340. The molecular formula is C47H50NO+. The molecule has 0 radical (unpaired) electrons. The molecule has 5 aromatic carbocycles. The van der Waals surface area contributed by atoms with Crippen LogP contribution in [0.25, 0.3) is 65.9 Å². The minimum Gasteiger partial charge on any atom is -0.455 e. The maximum atomic E-state index is 9.13. The summed E-state index contributed by atoms with van der Waals surface area (Å²) in [4.78, 5) is 0. The second-order valence-corrected chi connectivity index (χ2v) is 16.2. The Hall–Kier alpha value is -4.43. The highest BCUT2D eigenvalue weighted by molar-refractivity contribution is 6.18. The lowest BCUT2D eigenvalue weighted by molar-refractivity contribution is -0.672. The molecule has 0 saturated carbocycles. The Morgan fingerprint density at radius 2 is 1.43 bits per heavy atom. The first-order chi connectivity index (χ1) is 25.3. The Bertz CT molecular complexity index is 2640. The van der Waals surface area contributed by atoms with E-state index in [1.807, 2.05) is 25.3 Å². The molecule has 0 amide bonds. The van der Waals surface area contributed by atoms with Gasteiger partial charge in [-0.1, -0.05) is 105 Å². The van der Waals surface area contributed by atoms with E-state index in [9.17, 15) is 0 Å². The molecule has 1 aliphatic rings. The third kappa shape index (κ3) is 5.27. The molecule has 2 nitrogen and oxygen atoms in total. The van der Waals surface area contributed by atoms with Gasteiger partial charge < -0.3 is 4.42 Å². The largest absolute Gasteiger partial charge is 0.455 e. The van der Waals surface area contributed by atoms with E-state index in [2.05, 4.69) is 108 Å². The van der Waals surface area contributed by atoms with Crippen LogP contribution in [0.5, 0.6) is 0 Å². The molecule has 0 saturated heterocycles. The van der Waals surface area contributed by atoms with Gasteiger partial charge in [0.25, 0.3) is 0 Å². The molecular weight excluding hydrogens is 595 g/mol. The lowest BCUT2D eigenvalue weighted by Crippen LogP contribution is -2.33. The van der Waals surface area contributed by atoms with Crippen LogP contribution in [-0.4, -0.2) is 0 Å². The minimum atomic E-state index is -2.47. The molecule has 3 heterocycles. The Labute approximate surface area is 298 Å². The van der Waals surface area contributed by atoms with Crippen molar-refractivity contribution in [2.75, 3.05) is 0 Å². The second kappa shape index (κ2) is 11.3. The van der Waals surface area contributed by atoms with Crippen molar-refractivity contribution in [1.29, 1.82) is 0 Å². The maximum Gasteiger partial charge on any atom is 0.217 e. The van der Waals surface area contributed by atoms with Crippen LogP contribution >= 0.6 is 0 Å². The minimum absolute atomic E-state index is 0.0502. The van der Waals surface area contributed by atoms with E-state index in [0.29, 0.717) is 24.3 Å². The fourth-order valence-electron chi connectivity index (χ4n) is 7.92. The second-order valence-electron chi connectivity index (χ2n) is 16.2. The first kappa shape index (κ1) is 26.4. The van der Waals surface area contributed by atoms with E-state index in [1.165, 1.54) is 38.6 Å². The van der Waals surface area contributed by atoms with Crippen molar-refractivity contribution in [2.45, 2.75) is 99.8 Å². The van der Waals surface area contributed by atoms with Gasteiger partial charge >= 0.3 is 0 Å². The van der Waals surface area contributed by atoms with E-state index in [4.69, 9.17) is 11.3 Å². The molecule has 0 aliphatic carbocycles. The van der Waals surface area contributed by atoms with Gasteiger partial charge in [0.2, 0.25) is 5.69 Å². The zero-order valence-electron chi connectivity index (χ0n) is 35.3. The Morgan fingerprint density at radius 3 is 2.10 bits per heavy atom. The highest BCUT2D eigenvalue weighted by Crippen LogP contribution is 2.44. The number of aryl methyl sites for hydroxylation is 1. The fourth-order valence-corrected chi connectivity index (χ4v) is 7.92. The molecule has 0 atom stereocenters. The zero-order chi connectivity index (χ0) is 38.8. The number of hydrogen-bond donors (Lipinski definition) is 0. The van der Waals surface area contributed by atoms with E-state index in [-0.39, 0.29) is 11.1 Å². The van der Waals surface area contributed by atoms with Gasteiger partial charge in [-0.25, -0.2) is 0 Å². The molecule has 0 bridgehead atoms. The topological polar surface area (TPSA) is 17.0 Å². The third-order valence-electron chi connectivity index (χ3n) is 10.4. The Kier molecular flexibility index (Phi) is 6.10. The molecule has 7 aromatic rings. The van der Waals surface area contributed by atoms with Gasteiger partial charge in [-0.15, -0.1) is 0 Å². The van der Waals surface area contributed by atoms with E-state index in [0.717, 1.165) is 49.5 Å². The summed E-state index contributed by atoms with van der Waals surface area (Å²) in [6.45, 7) is 17.2. The summed E-state index contributed by atoms with van der Waals surface area (Å²) in [5.41, 5.74) is 10.4. The van der Waals surface area contributed by atoms with Gasteiger partial charge in [0.05, 0.1) is 5.56 Å². The molecule has 49 heavy (non-hydrogen) atoms. The third-order valence-corrected chi connectivity index (χ3v) is 10.4. The van der Waals surface area contributed by atoms with Crippen LogP contribution in [0.3, 0.4) is 0 Å². The van der Waals surface area contributed by atoms with Crippen molar-refractivity contribution >= 4 is 43.5 Å². The molecule has 8 rings (SSSR count). The monoisotopic (exact) mass is 649 g/mol. The normalized spacial score (nSPS) is 15.3. The van der Waals surface area contributed by atoms with Crippen LogP contribution < -0.4 is 4.57 Å². The smallest absolute Gasteiger partial charge is 0.217 e. The molecule has 2 aromatic heterocycles. The molecule has 0 N–H and O–H groups in total. The van der Waals surface area contributed by atoms with Gasteiger partial charge in [0.1, 0.15) is 11.2 Å². The SMILES string of the molecule is [2H]C([2H])([2H])c1c[n+]2c(cc1C([2H])([2H])C(C)(C)C)-c1c(ccc3c1oc1cc4c(ccc5ccc(-c6c(C(C)C)cc(C(C)C)cc6C(C)C)cc54)cc13)C2. The average molecular weight is 650 g/mol. The molecule has 0 fully saturated rings. The van der Waals surface area contributed by atoms with Gasteiger partial charge in [-0.2, -0.15) is 4.57 Å². The van der Waals surface area contributed by atoms with Crippen molar-refractivity contribution < 1.29 is 15.8 Å². The van der Waals surface area contributed by atoms with E-state index < -0.39 is 18.6 Å². The van der Waals surface area contributed by atoms with E-state index in [1.54, 1.807) is 12.3 Å². The molecule has 0 spiro atoms. The molecule has 0 unspecified atom stereocenters. The first-order valence-corrected chi connectivity index (χ1v) is 17.9.